The van der Waals surface area contributed by atoms with E-state index in [-0.39, 0.29) is 13.4 Å². The molecule has 0 saturated heterocycles. The molecule has 0 spiro atoms. The van der Waals surface area contributed by atoms with Crippen molar-refractivity contribution >= 4 is 5.97 Å². The standard InChI is InChI=1S/C11H20O4/c1-4-6-13-9-14-8-10(3)11(12)15-7-5-2/h3-9H2,1-2H3. The molecule has 0 amide bonds. The number of ether oxygens (including phenoxy) is 3. The van der Waals surface area contributed by atoms with Gasteiger partial charge in [-0.15, -0.1) is 0 Å². The first-order valence-electron chi connectivity index (χ1n) is 5.22. The van der Waals surface area contributed by atoms with Gasteiger partial charge in [-0.05, 0) is 12.8 Å². The van der Waals surface area contributed by atoms with E-state index >= 15 is 0 Å². The first-order valence-corrected chi connectivity index (χ1v) is 5.22. The van der Waals surface area contributed by atoms with Crippen molar-refractivity contribution in [3.8, 4) is 0 Å². The highest BCUT2D eigenvalue weighted by Crippen LogP contribution is 1.97. The highest BCUT2D eigenvalue weighted by molar-refractivity contribution is 5.87. The minimum atomic E-state index is -0.396. The maximum atomic E-state index is 11.2. The Morgan fingerprint density at radius 3 is 2.40 bits per heavy atom. The van der Waals surface area contributed by atoms with Gasteiger partial charge in [0.15, 0.2) is 0 Å². The van der Waals surface area contributed by atoms with Gasteiger partial charge in [0, 0.05) is 6.61 Å². The van der Waals surface area contributed by atoms with Crippen LogP contribution in [0.5, 0.6) is 0 Å². The summed E-state index contributed by atoms with van der Waals surface area (Å²) in [5.74, 6) is -0.396. The third-order valence-corrected chi connectivity index (χ3v) is 1.52. The zero-order valence-electron chi connectivity index (χ0n) is 9.58. The van der Waals surface area contributed by atoms with E-state index in [1.807, 2.05) is 13.8 Å². The normalized spacial score (nSPS) is 10.0. The number of rotatable bonds is 9. The van der Waals surface area contributed by atoms with Gasteiger partial charge < -0.3 is 14.2 Å². The first kappa shape index (κ1) is 14.1. The van der Waals surface area contributed by atoms with Crippen molar-refractivity contribution in [1.82, 2.24) is 0 Å². The predicted octanol–water partition coefficient (Wildman–Crippen LogP) is 1.90. The first-order chi connectivity index (χ1) is 7.22. The zero-order valence-corrected chi connectivity index (χ0v) is 9.58. The van der Waals surface area contributed by atoms with Crippen LogP contribution in [0, 0.1) is 0 Å². The molecule has 4 nitrogen and oxygen atoms in total. The Kier molecular flexibility index (Phi) is 9.11. The molecule has 0 rings (SSSR count). The van der Waals surface area contributed by atoms with Crippen molar-refractivity contribution in [2.75, 3.05) is 26.6 Å². The van der Waals surface area contributed by atoms with Crippen LogP contribution in [0.1, 0.15) is 26.7 Å². The number of carbonyl (C=O) groups excluding carboxylic acids is 1. The Morgan fingerprint density at radius 1 is 1.13 bits per heavy atom. The maximum Gasteiger partial charge on any atom is 0.335 e. The molecular weight excluding hydrogens is 196 g/mol. The third-order valence-electron chi connectivity index (χ3n) is 1.52. The van der Waals surface area contributed by atoms with Gasteiger partial charge in [-0.1, -0.05) is 20.4 Å². The molecule has 0 aromatic rings. The summed E-state index contributed by atoms with van der Waals surface area (Å²) in [4.78, 5) is 11.2. The van der Waals surface area contributed by atoms with Crippen molar-refractivity contribution in [3.63, 3.8) is 0 Å². The maximum absolute atomic E-state index is 11.2. The molecule has 0 aromatic heterocycles. The van der Waals surface area contributed by atoms with Gasteiger partial charge >= 0.3 is 5.97 Å². The molecule has 0 unspecified atom stereocenters. The molecule has 0 fully saturated rings. The van der Waals surface area contributed by atoms with Gasteiger partial charge in [0.2, 0.25) is 0 Å². The highest BCUT2D eigenvalue weighted by atomic mass is 16.7. The van der Waals surface area contributed by atoms with Crippen LogP contribution in [-0.4, -0.2) is 32.6 Å². The second-order valence-electron chi connectivity index (χ2n) is 3.11. The average Bonchev–Trinajstić information content (AvgIpc) is 2.25. The van der Waals surface area contributed by atoms with Crippen LogP contribution in [0.2, 0.25) is 0 Å². The monoisotopic (exact) mass is 216 g/mol. The molecular formula is C11H20O4. The Balaban J connectivity index is 3.43. The minimum absolute atomic E-state index is 0.159. The smallest absolute Gasteiger partial charge is 0.335 e. The van der Waals surface area contributed by atoms with Crippen LogP contribution < -0.4 is 0 Å². The summed E-state index contributed by atoms with van der Waals surface area (Å²) in [5.41, 5.74) is 0.323. The van der Waals surface area contributed by atoms with Crippen molar-refractivity contribution in [2.45, 2.75) is 26.7 Å². The molecule has 0 N–H and O–H groups in total. The molecule has 0 radical (unpaired) electrons. The van der Waals surface area contributed by atoms with Crippen LogP contribution in [0.25, 0.3) is 0 Å². The molecule has 0 aliphatic carbocycles. The summed E-state index contributed by atoms with van der Waals surface area (Å²) in [6, 6.07) is 0. The van der Waals surface area contributed by atoms with Crippen LogP contribution in [0.4, 0.5) is 0 Å². The average molecular weight is 216 g/mol. The Hall–Kier alpha value is -0.870. The lowest BCUT2D eigenvalue weighted by Gasteiger charge is -2.07. The molecule has 0 aromatic carbocycles. The second kappa shape index (κ2) is 9.68. The number of hydrogen-bond acceptors (Lipinski definition) is 4. The van der Waals surface area contributed by atoms with Gasteiger partial charge in [-0.2, -0.15) is 0 Å². The Bertz CT molecular complexity index is 189. The van der Waals surface area contributed by atoms with Crippen molar-refractivity contribution < 1.29 is 19.0 Å². The molecule has 0 atom stereocenters. The molecule has 0 bridgehead atoms. The third kappa shape index (κ3) is 8.15. The molecule has 88 valence electrons. The summed E-state index contributed by atoms with van der Waals surface area (Å²) in [7, 11) is 0. The fraction of sp³-hybridized carbons (Fsp3) is 0.727. The van der Waals surface area contributed by atoms with Gasteiger partial charge in [0.25, 0.3) is 0 Å². The molecule has 0 heterocycles. The lowest BCUT2D eigenvalue weighted by molar-refractivity contribution is -0.140. The molecule has 0 aliphatic rings. The van der Waals surface area contributed by atoms with Gasteiger partial charge in [-0.3, -0.25) is 0 Å². The van der Waals surface area contributed by atoms with E-state index in [2.05, 4.69) is 6.58 Å². The lowest BCUT2D eigenvalue weighted by Crippen LogP contribution is -2.13. The summed E-state index contributed by atoms with van der Waals surface area (Å²) in [6.07, 6.45) is 1.75. The highest BCUT2D eigenvalue weighted by Gasteiger charge is 2.07. The fourth-order valence-corrected chi connectivity index (χ4v) is 0.783. The van der Waals surface area contributed by atoms with E-state index in [9.17, 15) is 4.79 Å². The predicted molar refractivity (Wildman–Crippen MR) is 57.5 cm³/mol. The van der Waals surface area contributed by atoms with Crippen molar-refractivity contribution in [1.29, 1.82) is 0 Å². The number of esters is 1. The summed E-state index contributed by atoms with van der Waals surface area (Å²) in [5, 5.41) is 0. The van der Waals surface area contributed by atoms with Gasteiger partial charge in [0.05, 0.1) is 18.8 Å². The number of carbonyl (C=O) groups is 1. The topological polar surface area (TPSA) is 44.8 Å². The Labute approximate surface area is 91.2 Å². The molecule has 0 saturated carbocycles. The van der Waals surface area contributed by atoms with E-state index in [1.165, 1.54) is 0 Å². The van der Waals surface area contributed by atoms with Gasteiger partial charge in [0.1, 0.15) is 6.79 Å². The van der Waals surface area contributed by atoms with Crippen LogP contribution in [-0.2, 0) is 19.0 Å². The van der Waals surface area contributed by atoms with Crippen LogP contribution in [0.3, 0.4) is 0 Å². The van der Waals surface area contributed by atoms with Gasteiger partial charge in [-0.25, -0.2) is 4.79 Å². The molecule has 4 heteroatoms. The zero-order chi connectivity index (χ0) is 11.5. The second-order valence-corrected chi connectivity index (χ2v) is 3.11. The van der Waals surface area contributed by atoms with E-state index in [1.54, 1.807) is 0 Å². The van der Waals surface area contributed by atoms with Crippen LogP contribution >= 0.6 is 0 Å². The summed E-state index contributed by atoms with van der Waals surface area (Å²) >= 11 is 0. The fourth-order valence-electron chi connectivity index (χ4n) is 0.783. The largest absolute Gasteiger partial charge is 0.462 e. The quantitative estimate of drug-likeness (QED) is 0.255. The lowest BCUT2D eigenvalue weighted by atomic mass is 10.3. The Morgan fingerprint density at radius 2 is 1.80 bits per heavy atom. The minimum Gasteiger partial charge on any atom is -0.462 e. The number of hydrogen-bond donors (Lipinski definition) is 0. The molecule has 15 heavy (non-hydrogen) atoms. The van der Waals surface area contributed by atoms with Crippen molar-refractivity contribution in [2.24, 2.45) is 0 Å². The van der Waals surface area contributed by atoms with Crippen molar-refractivity contribution in [3.05, 3.63) is 12.2 Å². The molecule has 0 aliphatic heterocycles. The van der Waals surface area contributed by atoms with E-state index < -0.39 is 5.97 Å². The van der Waals surface area contributed by atoms with E-state index in [0.717, 1.165) is 12.8 Å². The van der Waals surface area contributed by atoms with E-state index in [4.69, 9.17) is 14.2 Å². The summed E-state index contributed by atoms with van der Waals surface area (Å²) in [6.45, 7) is 8.95. The summed E-state index contributed by atoms with van der Waals surface area (Å²) < 4.78 is 15.0. The van der Waals surface area contributed by atoms with Crippen LogP contribution in [0.15, 0.2) is 12.2 Å². The SMILES string of the molecule is C=C(COCOCCC)C(=O)OCCC. The van der Waals surface area contributed by atoms with E-state index in [0.29, 0.717) is 18.8 Å².